The third-order valence-electron chi connectivity index (χ3n) is 6.97. The topological polar surface area (TPSA) is 236 Å². The van der Waals surface area contributed by atoms with Gasteiger partial charge in [0.1, 0.15) is 18.1 Å². The van der Waals surface area contributed by atoms with Crippen LogP contribution < -0.4 is 33.2 Å². The summed E-state index contributed by atoms with van der Waals surface area (Å²) in [6.07, 6.45) is 2.64. The minimum atomic E-state index is -1.29. The van der Waals surface area contributed by atoms with Gasteiger partial charge in [-0.05, 0) is 43.0 Å². The van der Waals surface area contributed by atoms with Gasteiger partial charge in [-0.25, -0.2) is 4.79 Å². The number of aliphatic carboxylic acids is 1. The van der Waals surface area contributed by atoms with E-state index in [4.69, 9.17) is 17.2 Å². The maximum atomic E-state index is 13.7. The average Bonchev–Trinajstić information content (AvgIpc) is 3.38. The first-order valence-corrected chi connectivity index (χ1v) is 14.1. The molecule has 0 saturated heterocycles. The molecular formula is C30H39N7O6. The number of aromatic amines is 1. The van der Waals surface area contributed by atoms with Gasteiger partial charge >= 0.3 is 5.97 Å². The predicted octanol–water partition coefficient (Wildman–Crippen LogP) is -0.176. The van der Waals surface area contributed by atoms with Gasteiger partial charge in [-0.2, -0.15) is 0 Å². The van der Waals surface area contributed by atoms with Crippen LogP contribution in [-0.4, -0.2) is 70.4 Å². The van der Waals surface area contributed by atoms with Gasteiger partial charge in [-0.1, -0.05) is 48.5 Å². The van der Waals surface area contributed by atoms with Crippen LogP contribution >= 0.6 is 0 Å². The largest absolute Gasteiger partial charge is 0.480 e. The fourth-order valence-electron chi connectivity index (χ4n) is 4.67. The zero-order chi connectivity index (χ0) is 31.4. The van der Waals surface area contributed by atoms with Crippen molar-refractivity contribution in [3.05, 3.63) is 71.9 Å². The molecule has 13 heteroatoms. The van der Waals surface area contributed by atoms with Crippen molar-refractivity contribution in [1.82, 2.24) is 20.9 Å². The Morgan fingerprint density at radius 3 is 2.05 bits per heavy atom. The molecular weight excluding hydrogens is 554 g/mol. The molecule has 4 amide bonds. The molecule has 11 N–H and O–H groups in total. The number of aromatic nitrogens is 1. The molecule has 0 spiro atoms. The summed E-state index contributed by atoms with van der Waals surface area (Å²) in [4.78, 5) is 66.3. The van der Waals surface area contributed by atoms with E-state index < -0.39 is 60.2 Å². The van der Waals surface area contributed by atoms with Crippen molar-refractivity contribution in [3.8, 4) is 0 Å². The number of carboxylic acids is 1. The first-order valence-electron chi connectivity index (χ1n) is 14.1. The molecule has 3 aromatic rings. The zero-order valence-electron chi connectivity index (χ0n) is 23.8. The third kappa shape index (κ3) is 9.94. The lowest BCUT2D eigenvalue weighted by molar-refractivity contribution is -0.142. The summed E-state index contributed by atoms with van der Waals surface area (Å²) in [5.74, 6) is -4.15. The molecule has 0 bridgehead atoms. The molecule has 0 fully saturated rings. The predicted molar refractivity (Wildman–Crippen MR) is 160 cm³/mol. The standard InChI is InChI=1S/C30H39N7O6/c31-13-7-6-12-23(30(42)43)35-28(40)24(14-18-8-2-1-3-9-18)37-29(41)25(36-27(39)21(32)16-26(33)38)15-19-17-34-22-11-5-4-10-20(19)22/h1-5,8-11,17,21,23-25,34H,6-7,12-16,31-32H2,(H2,33,38)(H,35,40)(H,36,39)(H,37,41)(H,42,43). The van der Waals surface area contributed by atoms with Crippen molar-refractivity contribution < 1.29 is 29.1 Å². The van der Waals surface area contributed by atoms with Crippen molar-refractivity contribution in [1.29, 1.82) is 0 Å². The second-order valence-electron chi connectivity index (χ2n) is 10.3. The highest BCUT2D eigenvalue weighted by Gasteiger charge is 2.31. The normalized spacial score (nSPS) is 13.8. The first-order chi connectivity index (χ1) is 20.6. The van der Waals surface area contributed by atoms with E-state index in [1.807, 2.05) is 24.3 Å². The number of hydrogen-bond acceptors (Lipinski definition) is 7. The van der Waals surface area contributed by atoms with Crippen LogP contribution in [0.2, 0.25) is 0 Å². The number of carbonyl (C=O) groups excluding carboxylic acids is 4. The Balaban J connectivity index is 1.87. The summed E-state index contributed by atoms with van der Waals surface area (Å²) < 4.78 is 0. The molecule has 4 atom stereocenters. The summed E-state index contributed by atoms with van der Waals surface area (Å²) >= 11 is 0. The highest BCUT2D eigenvalue weighted by Crippen LogP contribution is 2.19. The van der Waals surface area contributed by atoms with Crippen molar-refractivity contribution in [2.75, 3.05) is 6.54 Å². The van der Waals surface area contributed by atoms with E-state index in [1.165, 1.54) is 0 Å². The number of para-hydroxylation sites is 1. The number of nitrogens with one attached hydrogen (secondary N) is 4. The summed E-state index contributed by atoms with van der Waals surface area (Å²) in [5.41, 5.74) is 18.8. The smallest absolute Gasteiger partial charge is 0.326 e. The van der Waals surface area contributed by atoms with E-state index in [1.54, 1.807) is 36.5 Å². The summed E-state index contributed by atoms with van der Waals surface area (Å²) in [5, 5.41) is 18.3. The molecule has 0 aliphatic rings. The number of fused-ring (bicyclic) bond motifs is 1. The number of primary amides is 1. The number of hydrogen-bond donors (Lipinski definition) is 8. The van der Waals surface area contributed by atoms with E-state index in [0.717, 1.165) is 22.0 Å². The van der Waals surface area contributed by atoms with Gasteiger partial charge in [0.2, 0.25) is 23.6 Å². The molecule has 1 heterocycles. The second-order valence-corrected chi connectivity index (χ2v) is 10.3. The monoisotopic (exact) mass is 593 g/mol. The number of benzene rings is 2. The van der Waals surface area contributed by atoms with E-state index in [2.05, 4.69) is 20.9 Å². The van der Waals surface area contributed by atoms with Crippen LogP contribution in [0.5, 0.6) is 0 Å². The van der Waals surface area contributed by atoms with Gasteiger partial charge in [0, 0.05) is 29.9 Å². The van der Waals surface area contributed by atoms with Gasteiger partial charge in [0.25, 0.3) is 0 Å². The molecule has 0 aliphatic heterocycles. The van der Waals surface area contributed by atoms with Gasteiger partial charge in [0.05, 0.1) is 12.5 Å². The summed E-state index contributed by atoms with van der Waals surface area (Å²) in [7, 11) is 0. The van der Waals surface area contributed by atoms with Crippen LogP contribution in [-0.2, 0) is 36.8 Å². The molecule has 4 unspecified atom stereocenters. The highest BCUT2D eigenvalue weighted by atomic mass is 16.4. The minimum Gasteiger partial charge on any atom is -0.480 e. The number of rotatable bonds is 17. The lowest BCUT2D eigenvalue weighted by Crippen LogP contribution is -2.58. The number of nitrogens with two attached hydrogens (primary N) is 3. The molecule has 0 saturated carbocycles. The minimum absolute atomic E-state index is 0.0292. The number of amides is 4. The van der Waals surface area contributed by atoms with E-state index in [9.17, 15) is 29.1 Å². The maximum Gasteiger partial charge on any atom is 0.326 e. The van der Waals surface area contributed by atoms with Crippen molar-refractivity contribution >= 4 is 40.5 Å². The van der Waals surface area contributed by atoms with Crippen LogP contribution in [0.15, 0.2) is 60.8 Å². The highest BCUT2D eigenvalue weighted by molar-refractivity contribution is 5.95. The zero-order valence-corrected chi connectivity index (χ0v) is 23.8. The number of carbonyl (C=O) groups is 5. The molecule has 1 aromatic heterocycles. The van der Waals surface area contributed by atoms with E-state index in [-0.39, 0.29) is 19.3 Å². The molecule has 13 nitrogen and oxygen atoms in total. The van der Waals surface area contributed by atoms with Crippen LogP contribution in [0, 0.1) is 0 Å². The van der Waals surface area contributed by atoms with Crippen molar-refractivity contribution in [2.45, 2.75) is 62.7 Å². The maximum absolute atomic E-state index is 13.7. The lowest BCUT2D eigenvalue weighted by atomic mass is 10.0. The van der Waals surface area contributed by atoms with Crippen LogP contribution in [0.4, 0.5) is 0 Å². The van der Waals surface area contributed by atoms with Gasteiger partial charge in [-0.15, -0.1) is 0 Å². The molecule has 3 rings (SSSR count). The third-order valence-corrected chi connectivity index (χ3v) is 6.97. The Kier molecular flexibility index (Phi) is 12.2. The van der Waals surface area contributed by atoms with E-state index in [0.29, 0.717) is 19.4 Å². The Morgan fingerprint density at radius 2 is 1.40 bits per heavy atom. The van der Waals surface area contributed by atoms with Crippen LogP contribution in [0.1, 0.15) is 36.8 Å². The average molecular weight is 594 g/mol. The Morgan fingerprint density at radius 1 is 0.791 bits per heavy atom. The Hall–Kier alpha value is -4.75. The number of carboxylic acid groups (broad SMARTS) is 1. The molecule has 0 radical (unpaired) electrons. The fourth-order valence-corrected chi connectivity index (χ4v) is 4.67. The SMILES string of the molecule is NCCCCC(NC(=O)C(Cc1ccccc1)NC(=O)C(Cc1c[nH]c2ccccc12)NC(=O)C(N)CC(N)=O)C(=O)O. The van der Waals surface area contributed by atoms with E-state index >= 15 is 0 Å². The molecule has 0 aliphatic carbocycles. The van der Waals surface area contributed by atoms with Gasteiger partial charge in [0.15, 0.2) is 0 Å². The quantitative estimate of drug-likeness (QED) is 0.0975. The number of unbranched alkanes of at least 4 members (excludes halogenated alkanes) is 1. The van der Waals surface area contributed by atoms with Crippen LogP contribution in [0.3, 0.4) is 0 Å². The van der Waals surface area contributed by atoms with Crippen LogP contribution in [0.25, 0.3) is 10.9 Å². The fraction of sp³-hybridized carbons (Fsp3) is 0.367. The Labute approximate surface area is 248 Å². The Bertz CT molecular complexity index is 1410. The van der Waals surface area contributed by atoms with Crippen molar-refractivity contribution in [2.24, 2.45) is 17.2 Å². The molecule has 43 heavy (non-hydrogen) atoms. The second kappa shape index (κ2) is 16.0. The lowest BCUT2D eigenvalue weighted by Gasteiger charge is -2.25. The summed E-state index contributed by atoms with van der Waals surface area (Å²) in [6, 6.07) is 11.5. The number of H-pyrrole nitrogens is 1. The molecule has 2 aromatic carbocycles. The molecule has 230 valence electrons. The first kappa shape index (κ1) is 32.8. The van der Waals surface area contributed by atoms with Gasteiger partial charge < -0.3 is 43.2 Å². The van der Waals surface area contributed by atoms with Gasteiger partial charge in [-0.3, -0.25) is 19.2 Å². The summed E-state index contributed by atoms with van der Waals surface area (Å²) in [6.45, 7) is 0.389. The van der Waals surface area contributed by atoms with Crippen molar-refractivity contribution in [3.63, 3.8) is 0 Å².